The van der Waals surface area contributed by atoms with Crippen LogP contribution in [-0.4, -0.2) is 59.6 Å². The van der Waals surface area contributed by atoms with Crippen LogP contribution in [0.3, 0.4) is 0 Å². The maximum Gasteiger partial charge on any atom is 0.255 e. The lowest BCUT2D eigenvalue weighted by Crippen LogP contribution is -2.48. The third kappa shape index (κ3) is 4.37. The van der Waals surface area contributed by atoms with E-state index in [-0.39, 0.29) is 5.91 Å². The molecule has 1 saturated heterocycles. The van der Waals surface area contributed by atoms with Gasteiger partial charge in [0.1, 0.15) is 5.75 Å². The van der Waals surface area contributed by atoms with Gasteiger partial charge in [-0.1, -0.05) is 37.3 Å². The Morgan fingerprint density at radius 1 is 0.935 bits per heavy atom. The first-order valence-electron chi connectivity index (χ1n) is 11.1. The van der Waals surface area contributed by atoms with Crippen LogP contribution < -0.4 is 4.74 Å². The smallest absolute Gasteiger partial charge is 0.255 e. The van der Waals surface area contributed by atoms with Crippen molar-refractivity contribution in [3.8, 4) is 22.7 Å². The third-order valence-electron chi connectivity index (χ3n) is 6.06. The fraction of sp³-hybridized carbons (Fsp3) is 0.346. The van der Waals surface area contributed by atoms with Crippen molar-refractivity contribution < 1.29 is 9.53 Å². The molecule has 0 bridgehead atoms. The Morgan fingerprint density at radius 2 is 1.61 bits per heavy atom. The van der Waals surface area contributed by atoms with E-state index in [1.54, 1.807) is 0 Å². The number of amides is 1. The predicted molar refractivity (Wildman–Crippen MR) is 125 cm³/mol. The van der Waals surface area contributed by atoms with Gasteiger partial charge in [-0.25, -0.2) is 0 Å². The summed E-state index contributed by atoms with van der Waals surface area (Å²) in [4.78, 5) is 17.8. The van der Waals surface area contributed by atoms with Gasteiger partial charge in [0, 0.05) is 37.6 Å². The van der Waals surface area contributed by atoms with E-state index in [9.17, 15) is 4.79 Å². The predicted octanol–water partition coefficient (Wildman–Crippen LogP) is 4.63. The zero-order valence-electron chi connectivity index (χ0n) is 18.7. The Hall–Kier alpha value is -3.05. The molecule has 1 aromatic heterocycles. The Kier molecular flexibility index (Phi) is 6.42. The van der Waals surface area contributed by atoms with Crippen molar-refractivity contribution >= 4 is 5.91 Å². The van der Waals surface area contributed by atoms with Gasteiger partial charge < -0.3 is 19.1 Å². The molecule has 0 spiro atoms. The van der Waals surface area contributed by atoms with E-state index >= 15 is 0 Å². The summed E-state index contributed by atoms with van der Waals surface area (Å²) in [6.45, 7) is 11.3. The Labute approximate surface area is 184 Å². The van der Waals surface area contributed by atoms with Crippen LogP contribution in [0.5, 0.6) is 5.75 Å². The molecule has 1 fully saturated rings. The molecule has 31 heavy (non-hydrogen) atoms. The first-order valence-corrected chi connectivity index (χ1v) is 11.1. The molecule has 5 heteroatoms. The second-order valence-corrected chi connectivity index (χ2v) is 7.88. The highest BCUT2D eigenvalue weighted by Gasteiger charge is 2.26. The zero-order valence-corrected chi connectivity index (χ0v) is 18.7. The van der Waals surface area contributed by atoms with Crippen LogP contribution in [-0.2, 0) is 0 Å². The summed E-state index contributed by atoms with van der Waals surface area (Å²) in [6.07, 6.45) is 0. The molecule has 4 rings (SSSR count). The first-order chi connectivity index (χ1) is 15.1. The van der Waals surface area contributed by atoms with Gasteiger partial charge in [-0.05, 0) is 56.3 Å². The number of hydrogen-bond donors (Lipinski definition) is 0. The molecule has 0 unspecified atom stereocenters. The molecule has 0 radical (unpaired) electrons. The molecule has 2 heterocycles. The summed E-state index contributed by atoms with van der Waals surface area (Å²) in [5, 5.41) is 0. The van der Waals surface area contributed by atoms with Crippen LogP contribution in [0.4, 0.5) is 0 Å². The van der Waals surface area contributed by atoms with Crippen molar-refractivity contribution in [1.82, 2.24) is 14.4 Å². The Balaban J connectivity index is 1.73. The summed E-state index contributed by atoms with van der Waals surface area (Å²) in [5.74, 6) is 0.970. The van der Waals surface area contributed by atoms with Crippen molar-refractivity contribution in [3.63, 3.8) is 0 Å². The van der Waals surface area contributed by atoms with Gasteiger partial charge in [0.15, 0.2) is 0 Å². The van der Waals surface area contributed by atoms with Gasteiger partial charge >= 0.3 is 0 Å². The lowest BCUT2D eigenvalue weighted by molar-refractivity contribution is 0.0642. The average Bonchev–Trinajstić information content (AvgIpc) is 3.17. The number of nitrogens with zero attached hydrogens (tertiary/aromatic N) is 3. The maximum absolute atomic E-state index is 13.5. The molecule has 0 aliphatic carbocycles. The molecule has 1 amide bonds. The number of rotatable bonds is 6. The van der Waals surface area contributed by atoms with E-state index in [0.29, 0.717) is 6.61 Å². The fourth-order valence-corrected chi connectivity index (χ4v) is 4.27. The molecule has 0 saturated carbocycles. The number of likely N-dealkylation sites (N-methyl/N-ethyl adjacent to an activating group) is 1. The van der Waals surface area contributed by atoms with Gasteiger partial charge in [-0.3, -0.25) is 4.79 Å². The summed E-state index contributed by atoms with van der Waals surface area (Å²) in [5.41, 5.74) is 4.88. The fourth-order valence-electron chi connectivity index (χ4n) is 4.27. The molecular weight excluding hydrogens is 386 g/mol. The molecule has 1 aliphatic rings. The summed E-state index contributed by atoms with van der Waals surface area (Å²) in [6, 6.07) is 20.4. The normalized spacial score (nSPS) is 14.6. The second kappa shape index (κ2) is 9.40. The van der Waals surface area contributed by atoms with Crippen LogP contribution in [0.25, 0.3) is 16.9 Å². The highest BCUT2D eigenvalue weighted by molar-refractivity contribution is 5.97. The van der Waals surface area contributed by atoms with Crippen LogP contribution in [0.15, 0.2) is 60.7 Å². The number of aromatic nitrogens is 1. The van der Waals surface area contributed by atoms with E-state index in [4.69, 9.17) is 4.74 Å². The zero-order chi connectivity index (χ0) is 21.8. The van der Waals surface area contributed by atoms with Crippen molar-refractivity contribution in [2.24, 2.45) is 0 Å². The van der Waals surface area contributed by atoms with Gasteiger partial charge in [-0.2, -0.15) is 0 Å². The first kappa shape index (κ1) is 21.2. The molecule has 0 N–H and O–H groups in total. The standard InChI is InChI=1S/C26H31N3O2/c1-4-27-15-17-28(18-16-27)26(30)24-19-25(21-9-7-6-8-10-21)29(20(24)3)22-11-13-23(14-12-22)31-5-2/h6-14,19H,4-5,15-18H2,1-3H3. The Bertz CT molecular complexity index is 1020. The summed E-state index contributed by atoms with van der Waals surface area (Å²) >= 11 is 0. The maximum atomic E-state index is 13.5. The summed E-state index contributed by atoms with van der Waals surface area (Å²) < 4.78 is 7.79. The van der Waals surface area contributed by atoms with Crippen molar-refractivity contribution in [3.05, 3.63) is 71.9 Å². The minimum atomic E-state index is 0.120. The van der Waals surface area contributed by atoms with E-state index < -0.39 is 0 Å². The second-order valence-electron chi connectivity index (χ2n) is 7.88. The quantitative estimate of drug-likeness (QED) is 0.587. The van der Waals surface area contributed by atoms with E-state index in [1.807, 2.05) is 49.1 Å². The largest absolute Gasteiger partial charge is 0.494 e. The van der Waals surface area contributed by atoms with Crippen LogP contribution in [0, 0.1) is 6.92 Å². The van der Waals surface area contributed by atoms with Crippen molar-refractivity contribution in [2.45, 2.75) is 20.8 Å². The minimum Gasteiger partial charge on any atom is -0.494 e. The van der Waals surface area contributed by atoms with Crippen LogP contribution in [0.1, 0.15) is 29.9 Å². The van der Waals surface area contributed by atoms with Crippen LogP contribution >= 0.6 is 0 Å². The van der Waals surface area contributed by atoms with E-state index in [1.165, 1.54) is 0 Å². The summed E-state index contributed by atoms with van der Waals surface area (Å²) in [7, 11) is 0. The SMILES string of the molecule is CCOc1ccc(-n2c(-c3ccccc3)cc(C(=O)N3CCN(CC)CC3)c2C)cc1. The van der Waals surface area contributed by atoms with Gasteiger partial charge in [0.05, 0.1) is 17.9 Å². The molecule has 5 nitrogen and oxygen atoms in total. The van der Waals surface area contributed by atoms with Gasteiger partial charge in [-0.15, -0.1) is 0 Å². The minimum absolute atomic E-state index is 0.120. The molecule has 2 aromatic carbocycles. The highest BCUT2D eigenvalue weighted by atomic mass is 16.5. The number of benzene rings is 2. The lowest BCUT2D eigenvalue weighted by atomic mass is 10.1. The average molecular weight is 418 g/mol. The molecular formula is C26H31N3O2. The number of piperazine rings is 1. The molecule has 1 aliphatic heterocycles. The monoisotopic (exact) mass is 417 g/mol. The Morgan fingerprint density at radius 3 is 2.23 bits per heavy atom. The van der Waals surface area contributed by atoms with Crippen molar-refractivity contribution in [1.29, 1.82) is 0 Å². The molecule has 162 valence electrons. The van der Waals surface area contributed by atoms with Gasteiger partial charge in [0.2, 0.25) is 0 Å². The number of carbonyl (C=O) groups is 1. The molecule has 0 atom stereocenters. The topological polar surface area (TPSA) is 37.7 Å². The molecule has 3 aromatic rings. The van der Waals surface area contributed by atoms with Crippen molar-refractivity contribution in [2.75, 3.05) is 39.3 Å². The number of ether oxygens (including phenoxy) is 1. The van der Waals surface area contributed by atoms with Gasteiger partial charge in [0.25, 0.3) is 5.91 Å². The van der Waals surface area contributed by atoms with E-state index in [2.05, 4.69) is 46.7 Å². The number of hydrogen-bond acceptors (Lipinski definition) is 3. The number of carbonyl (C=O) groups excluding carboxylic acids is 1. The van der Waals surface area contributed by atoms with Crippen LogP contribution in [0.2, 0.25) is 0 Å². The highest BCUT2D eigenvalue weighted by Crippen LogP contribution is 2.31. The third-order valence-corrected chi connectivity index (χ3v) is 6.06. The lowest BCUT2D eigenvalue weighted by Gasteiger charge is -2.34. The van der Waals surface area contributed by atoms with E-state index in [0.717, 1.165) is 66.7 Å².